The Morgan fingerprint density at radius 1 is 1.17 bits per heavy atom. The average Bonchev–Trinajstić information content (AvgIpc) is 2.84. The number of rotatable bonds is 1. The molecule has 24 heavy (non-hydrogen) atoms. The van der Waals surface area contributed by atoms with E-state index >= 15 is 0 Å². The molecule has 0 spiro atoms. The largest absolute Gasteiger partial charge is 0.361 e. The first kappa shape index (κ1) is 16.4. The molecule has 0 amide bonds. The number of dihydropyridines is 1. The Labute approximate surface area is 154 Å². The number of allylic oxidation sites excluding steroid dienone is 4. The van der Waals surface area contributed by atoms with Crippen molar-refractivity contribution in [1.82, 2.24) is 5.32 Å². The molecule has 4 nitrogen and oxygen atoms in total. The predicted molar refractivity (Wildman–Crippen MR) is 96.3 cm³/mol. The summed E-state index contributed by atoms with van der Waals surface area (Å²) in [5.41, 5.74) is 3.03. The fourth-order valence-electron chi connectivity index (χ4n) is 3.79. The first-order valence-corrected chi connectivity index (χ1v) is 10.6. The van der Waals surface area contributed by atoms with Crippen LogP contribution in [0.3, 0.4) is 0 Å². The summed E-state index contributed by atoms with van der Waals surface area (Å²) < 4.78 is 26.0. The van der Waals surface area contributed by atoms with Crippen molar-refractivity contribution in [2.24, 2.45) is 0 Å². The van der Waals surface area contributed by atoms with E-state index in [0.29, 0.717) is 32.8 Å². The van der Waals surface area contributed by atoms with E-state index in [0.717, 1.165) is 29.8 Å². The molecule has 0 aromatic heterocycles. The van der Waals surface area contributed by atoms with Crippen LogP contribution >= 0.6 is 27.5 Å². The normalized spacial score (nSPS) is 25.4. The van der Waals surface area contributed by atoms with Crippen molar-refractivity contribution in [3.05, 3.63) is 55.1 Å². The number of sulfone groups is 1. The molecular weight excluding hydrogens is 414 g/mol. The van der Waals surface area contributed by atoms with Crippen LogP contribution < -0.4 is 5.32 Å². The van der Waals surface area contributed by atoms with E-state index in [2.05, 4.69) is 21.2 Å². The van der Waals surface area contributed by atoms with Gasteiger partial charge in [-0.1, -0.05) is 17.7 Å². The van der Waals surface area contributed by atoms with Gasteiger partial charge in [0, 0.05) is 34.3 Å². The molecule has 7 heteroatoms. The Morgan fingerprint density at radius 3 is 2.71 bits per heavy atom. The summed E-state index contributed by atoms with van der Waals surface area (Å²) in [6, 6.07) is 5.37. The van der Waals surface area contributed by atoms with E-state index in [4.69, 9.17) is 11.6 Å². The van der Waals surface area contributed by atoms with Gasteiger partial charge in [0.05, 0.1) is 21.6 Å². The Kier molecular flexibility index (Phi) is 3.90. The van der Waals surface area contributed by atoms with Crippen molar-refractivity contribution in [3.63, 3.8) is 0 Å². The van der Waals surface area contributed by atoms with E-state index in [1.165, 1.54) is 0 Å². The van der Waals surface area contributed by atoms with Gasteiger partial charge < -0.3 is 5.32 Å². The summed E-state index contributed by atoms with van der Waals surface area (Å²) in [5, 5.41) is 3.81. The maximum Gasteiger partial charge on any atom is 0.177 e. The first-order valence-electron chi connectivity index (χ1n) is 7.82. The molecule has 126 valence electrons. The van der Waals surface area contributed by atoms with Crippen LogP contribution in [0.1, 0.15) is 37.2 Å². The molecule has 1 aromatic carbocycles. The van der Waals surface area contributed by atoms with Crippen molar-refractivity contribution in [1.29, 1.82) is 0 Å². The number of Topliss-reactive ketones (excluding diaryl/α,β-unsaturated/α-hetero) is 1. The average molecular weight is 429 g/mol. The Morgan fingerprint density at radius 2 is 1.96 bits per heavy atom. The third-order valence-electron chi connectivity index (χ3n) is 4.84. The molecule has 3 aliphatic rings. The lowest BCUT2D eigenvalue weighted by Gasteiger charge is -2.33. The number of halogens is 2. The van der Waals surface area contributed by atoms with Gasteiger partial charge in [-0.05, 0) is 46.5 Å². The fraction of sp³-hybridized carbons (Fsp3) is 0.353. The van der Waals surface area contributed by atoms with E-state index in [1.807, 2.05) is 12.1 Å². The highest BCUT2D eigenvalue weighted by Gasteiger charge is 2.44. The van der Waals surface area contributed by atoms with Crippen molar-refractivity contribution in [2.45, 2.75) is 31.6 Å². The molecule has 0 saturated carbocycles. The van der Waals surface area contributed by atoms with E-state index in [-0.39, 0.29) is 11.5 Å². The molecule has 1 N–H and O–H groups in total. The molecule has 4 rings (SSSR count). The molecular formula is C17H15BrClNO3S. The van der Waals surface area contributed by atoms with Crippen molar-refractivity contribution in [3.8, 4) is 0 Å². The van der Waals surface area contributed by atoms with Crippen LogP contribution in [-0.2, 0) is 14.6 Å². The Bertz CT molecular complexity index is 933. The molecule has 2 aliphatic heterocycles. The second kappa shape index (κ2) is 5.71. The monoisotopic (exact) mass is 427 g/mol. The second-order valence-corrected chi connectivity index (χ2v) is 9.65. The maximum atomic E-state index is 12.6. The highest BCUT2D eigenvalue weighted by atomic mass is 79.9. The standard InChI is InChI=1S/C17H15BrClNO3S/c18-10-8-9(4-5-11(10)19)15-16-12(2-1-3-14(16)21)20-13-6-7-24(22,23)17(13)15/h4-5,8,15,20H,1-3,6-7H2/t15-/m0/s1. The third-order valence-corrected chi connectivity index (χ3v) is 7.95. The van der Waals surface area contributed by atoms with Crippen molar-refractivity contribution in [2.75, 3.05) is 5.75 Å². The zero-order valence-electron chi connectivity index (χ0n) is 12.7. The third kappa shape index (κ3) is 2.47. The quantitative estimate of drug-likeness (QED) is 0.738. The van der Waals surface area contributed by atoms with Crippen LogP contribution in [0, 0.1) is 0 Å². The molecule has 0 radical (unpaired) electrons. The van der Waals surface area contributed by atoms with Crippen LogP contribution in [0.15, 0.2) is 44.5 Å². The van der Waals surface area contributed by atoms with Gasteiger partial charge in [-0.25, -0.2) is 8.42 Å². The molecule has 0 fully saturated rings. The number of ketones is 1. The molecule has 2 heterocycles. The number of hydrogen-bond donors (Lipinski definition) is 1. The van der Waals surface area contributed by atoms with E-state index in [1.54, 1.807) is 6.07 Å². The van der Waals surface area contributed by atoms with Crippen molar-refractivity contribution >= 4 is 43.2 Å². The summed E-state index contributed by atoms with van der Waals surface area (Å²) in [5.74, 6) is -0.386. The van der Waals surface area contributed by atoms with Gasteiger partial charge in [0.25, 0.3) is 0 Å². The topological polar surface area (TPSA) is 63.2 Å². The second-order valence-electron chi connectivity index (χ2n) is 6.31. The summed E-state index contributed by atoms with van der Waals surface area (Å²) in [6.07, 6.45) is 2.53. The molecule has 0 saturated heterocycles. The Balaban J connectivity index is 1.96. The van der Waals surface area contributed by atoms with Gasteiger partial charge in [-0.3, -0.25) is 4.79 Å². The first-order chi connectivity index (χ1) is 11.4. The van der Waals surface area contributed by atoms with Crippen LogP contribution in [-0.4, -0.2) is 20.0 Å². The van der Waals surface area contributed by atoms with Crippen LogP contribution in [0.25, 0.3) is 0 Å². The minimum Gasteiger partial charge on any atom is -0.361 e. The summed E-state index contributed by atoms with van der Waals surface area (Å²) in [4.78, 5) is 13.0. The lowest BCUT2D eigenvalue weighted by molar-refractivity contribution is -0.116. The number of carbonyl (C=O) groups is 1. The van der Waals surface area contributed by atoms with Crippen LogP contribution in [0.4, 0.5) is 0 Å². The van der Waals surface area contributed by atoms with E-state index in [9.17, 15) is 13.2 Å². The SMILES string of the molecule is O=C1CCCC2=C1[C@H](c1ccc(Cl)c(Br)c1)C1=C(CCS1(=O)=O)N2. The minimum absolute atomic E-state index is 0.0356. The zero-order chi connectivity index (χ0) is 17.1. The predicted octanol–water partition coefficient (Wildman–Crippen LogP) is 3.83. The highest BCUT2D eigenvalue weighted by molar-refractivity contribution is 9.10. The van der Waals surface area contributed by atoms with E-state index < -0.39 is 15.8 Å². The lowest BCUT2D eigenvalue weighted by Crippen LogP contribution is -2.32. The molecule has 1 atom stereocenters. The lowest BCUT2D eigenvalue weighted by atomic mass is 9.79. The number of hydrogen-bond acceptors (Lipinski definition) is 4. The molecule has 0 bridgehead atoms. The smallest absolute Gasteiger partial charge is 0.177 e. The van der Waals surface area contributed by atoms with Crippen molar-refractivity contribution < 1.29 is 13.2 Å². The van der Waals surface area contributed by atoms with Crippen LogP contribution in [0.2, 0.25) is 5.02 Å². The number of benzene rings is 1. The minimum atomic E-state index is -3.36. The summed E-state index contributed by atoms with van der Waals surface area (Å²) in [7, 11) is -3.36. The Hall–Kier alpha value is -1.11. The van der Waals surface area contributed by atoms with Gasteiger partial charge in [-0.2, -0.15) is 0 Å². The summed E-state index contributed by atoms with van der Waals surface area (Å²) >= 11 is 9.49. The zero-order valence-corrected chi connectivity index (χ0v) is 15.9. The molecule has 0 unspecified atom stereocenters. The molecule has 1 aliphatic carbocycles. The maximum absolute atomic E-state index is 12.6. The van der Waals surface area contributed by atoms with Gasteiger partial charge in [0.1, 0.15) is 0 Å². The van der Waals surface area contributed by atoms with Crippen LogP contribution in [0.5, 0.6) is 0 Å². The van der Waals surface area contributed by atoms with Gasteiger partial charge >= 0.3 is 0 Å². The molecule has 1 aromatic rings. The van der Waals surface area contributed by atoms with Gasteiger partial charge in [0.2, 0.25) is 0 Å². The highest BCUT2D eigenvalue weighted by Crippen LogP contribution is 2.48. The summed E-state index contributed by atoms with van der Waals surface area (Å²) in [6.45, 7) is 0. The van der Waals surface area contributed by atoms with Gasteiger partial charge in [-0.15, -0.1) is 0 Å². The number of carbonyl (C=O) groups excluding carboxylic acids is 1. The number of nitrogens with one attached hydrogen (secondary N) is 1. The fourth-order valence-corrected chi connectivity index (χ4v) is 6.14. The van der Waals surface area contributed by atoms with Gasteiger partial charge in [0.15, 0.2) is 15.6 Å².